The summed E-state index contributed by atoms with van der Waals surface area (Å²) in [5.74, 6) is 1.76. The standard InChI is InChI=1S/C14H14ClF3N2O/c1-4-13(2,3)20-12(21)10-7-9(15)5-6-11(10)19-8-14(16,17)18/h1,5-7,19H,8H2,2-3H3,(H,20,21). The summed E-state index contributed by atoms with van der Waals surface area (Å²) in [6.45, 7) is 1.93. The predicted octanol–water partition coefficient (Wildman–Crippen LogP) is 3.46. The molecule has 114 valence electrons. The van der Waals surface area contributed by atoms with Crippen molar-refractivity contribution in [2.75, 3.05) is 11.9 Å². The first kappa shape index (κ1) is 17.2. The number of benzene rings is 1. The van der Waals surface area contributed by atoms with Crippen LogP contribution in [0.4, 0.5) is 18.9 Å². The number of nitrogens with one attached hydrogen (secondary N) is 2. The first-order valence-corrected chi connectivity index (χ1v) is 6.32. The van der Waals surface area contributed by atoms with Crippen LogP contribution in [0.25, 0.3) is 0 Å². The van der Waals surface area contributed by atoms with Crippen LogP contribution in [0.5, 0.6) is 0 Å². The molecule has 0 atom stereocenters. The molecule has 21 heavy (non-hydrogen) atoms. The van der Waals surface area contributed by atoms with Gasteiger partial charge in [0.05, 0.1) is 11.1 Å². The molecule has 0 aliphatic heterocycles. The van der Waals surface area contributed by atoms with Crippen molar-refractivity contribution in [3.8, 4) is 12.3 Å². The van der Waals surface area contributed by atoms with Crippen LogP contribution in [0, 0.1) is 12.3 Å². The molecule has 2 N–H and O–H groups in total. The molecule has 1 amide bonds. The van der Waals surface area contributed by atoms with Crippen molar-refractivity contribution in [3.63, 3.8) is 0 Å². The van der Waals surface area contributed by atoms with Gasteiger partial charge in [-0.2, -0.15) is 13.2 Å². The molecular weight excluding hydrogens is 305 g/mol. The number of alkyl halides is 3. The van der Waals surface area contributed by atoms with Crippen molar-refractivity contribution in [2.45, 2.75) is 25.6 Å². The van der Waals surface area contributed by atoms with Crippen LogP contribution in [0.3, 0.4) is 0 Å². The zero-order valence-electron chi connectivity index (χ0n) is 11.4. The van der Waals surface area contributed by atoms with Gasteiger partial charge in [-0.1, -0.05) is 17.5 Å². The van der Waals surface area contributed by atoms with E-state index in [1.165, 1.54) is 18.2 Å². The molecule has 1 rings (SSSR count). The average Bonchev–Trinajstić information content (AvgIpc) is 2.35. The van der Waals surface area contributed by atoms with Gasteiger partial charge < -0.3 is 10.6 Å². The van der Waals surface area contributed by atoms with Gasteiger partial charge in [-0.15, -0.1) is 6.42 Å². The van der Waals surface area contributed by atoms with E-state index in [4.69, 9.17) is 18.0 Å². The van der Waals surface area contributed by atoms with Gasteiger partial charge in [0, 0.05) is 10.7 Å². The Balaban J connectivity index is 3.02. The van der Waals surface area contributed by atoms with E-state index in [9.17, 15) is 18.0 Å². The Morgan fingerprint density at radius 1 is 1.38 bits per heavy atom. The number of carbonyl (C=O) groups is 1. The molecule has 0 bridgehead atoms. The lowest BCUT2D eigenvalue weighted by molar-refractivity contribution is -0.115. The molecule has 0 aliphatic rings. The van der Waals surface area contributed by atoms with E-state index in [1.54, 1.807) is 13.8 Å². The largest absolute Gasteiger partial charge is 0.405 e. The summed E-state index contributed by atoms with van der Waals surface area (Å²) in [7, 11) is 0. The molecule has 0 saturated heterocycles. The van der Waals surface area contributed by atoms with E-state index in [2.05, 4.69) is 16.6 Å². The third kappa shape index (κ3) is 5.56. The summed E-state index contributed by atoms with van der Waals surface area (Å²) in [5, 5.41) is 4.93. The molecule has 0 aromatic heterocycles. The zero-order valence-corrected chi connectivity index (χ0v) is 12.2. The van der Waals surface area contributed by atoms with Crippen LogP contribution in [-0.2, 0) is 0 Å². The number of anilines is 1. The second kappa shape index (κ2) is 6.27. The predicted molar refractivity (Wildman–Crippen MR) is 76.4 cm³/mol. The van der Waals surface area contributed by atoms with Crippen molar-refractivity contribution >= 4 is 23.2 Å². The van der Waals surface area contributed by atoms with Crippen molar-refractivity contribution in [2.24, 2.45) is 0 Å². The molecule has 3 nitrogen and oxygen atoms in total. The van der Waals surface area contributed by atoms with Crippen molar-refractivity contribution in [1.82, 2.24) is 5.32 Å². The molecule has 0 saturated carbocycles. The monoisotopic (exact) mass is 318 g/mol. The molecular formula is C14H14ClF3N2O. The minimum atomic E-state index is -4.40. The van der Waals surface area contributed by atoms with E-state index < -0.39 is 24.2 Å². The van der Waals surface area contributed by atoms with Gasteiger partial charge >= 0.3 is 6.18 Å². The number of carbonyl (C=O) groups excluding carboxylic acids is 1. The normalized spacial score (nSPS) is 11.7. The fourth-order valence-electron chi connectivity index (χ4n) is 1.44. The van der Waals surface area contributed by atoms with E-state index in [0.29, 0.717) is 0 Å². The lowest BCUT2D eigenvalue weighted by Crippen LogP contribution is -2.42. The Labute approximate surface area is 125 Å². The highest BCUT2D eigenvalue weighted by Crippen LogP contribution is 2.23. The average molecular weight is 319 g/mol. The quantitative estimate of drug-likeness (QED) is 0.835. The second-order valence-corrected chi connectivity index (χ2v) is 5.32. The van der Waals surface area contributed by atoms with Crippen molar-refractivity contribution in [1.29, 1.82) is 0 Å². The molecule has 0 fully saturated rings. The fourth-order valence-corrected chi connectivity index (χ4v) is 1.61. The fraction of sp³-hybridized carbons (Fsp3) is 0.357. The Morgan fingerprint density at radius 3 is 2.52 bits per heavy atom. The summed E-state index contributed by atoms with van der Waals surface area (Å²) in [6.07, 6.45) is 0.864. The Kier molecular flexibility index (Phi) is 5.13. The zero-order chi connectivity index (χ0) is 16.3. The molecule has 0 unspecified atom stereocenters. The van der Waals surface area contributed by atoms with Gasteiger partial charge in [0.2, 0.25) is 0 Å². The maximum Gasteiger partial charge on any atom is 0.405 e. The van der Waals surface area contributed by atoms with Crippen LogP contribution in [0.1, 0.15) is 24.2 Å². The van der Waals surface area contributed by atoms with E-state index >= 15 is 0 Å². The highest BCUT2D eigenvalue weighted by Gasteiger charge is 2.28. The van der Waals surface area contributed by atoms with Crippen LogP contribution >= 0.6 is 11.6 Å². The van der Waals surface area contributed by atoms with Gasteiger partial charge in [0.25, 0.3) is 5.91 Å². The maximum atomic E-state index is 12.3. The van der Waals surface area contributed by atoms with E-state index in [1.807, 2.05) is 0 Å². The molecule has 0 spiro atoms. The first-order chi connectivity index (χ1) is 9.54. The number of rotatable bonds is 4. The van der Waals surface area contributed by atoms with E-state index in [0.717, 1.165) is 0 Å². The lowest BCUT2D eigenvalue weighted by Gasteiger charge is -2.21. The summed E-state index contributed by atoms with van der Waals surface area (Å²) in [5.41, 5.74) is -0.905. The number of hydrogen-bond acceptors (Lipinski definition) is 2. The number of amides is 1. The third-order valence-corrected chi connectivity index (χ3v) is 2.73. The number of hydrogen-bond donors (Lipinski definition) is 2. The Hall–Kier alpha value is -1.87. The molecule has 0 radical (unpaired) electrons. The van der Waals surface area contributed by atoms with Crippen molar-refractivity contribution < 1.29 is 18.0 Å². The number of terminal acetylenes is 1. The molecule has 0 aliphatic carbocycles. The van der Waals surface area contributed by atoms with Gasteiger partial charge in [-0.3, -0.25) is 4.79 Å². The van der Waals surface area contributed by atoms with Crippen LogP contribution in [-0.4, -0.2) is 24.2 Å². The summed E-state index contributed by atoms with van der Waals surface area (Å²) in [4.78, 5) is 12.1. The topological polar surface area (TPSA) is 41.1 Å². The van der Waals surface area contributed by atoms with Crippen LogP contribution in [0.15, 0.2) is 18.2 Å². The third-order valence-electron chi connectivity index (χ3n) is 2.49. The summed E-state index contributed by atoms with van der Waals surface area (Å²) in [6, 6.07) is 3.98. The highest BCUT2D eigenvalue weighted by molar-refractivity contribution is 6.31. The van der Waals surface area contributed by atoms with Gasteiger partial charge in [0.15, 0.2) is 0 Å². The van der Waals surface area contributed by atoms with E-state index in [-0.39, 0.29) is 16.3 Å². The highest BCUT2D eigenvalue weighted by atomic mass is 35.5. The number of halogens is 4. The summed E-state index contributed by atoms with van der Waals surface area (Å²) < 4.78 is 36.8. The van der Waals surface area contributed by atoms with Crippen molar-refractivity contribution in [3.05, 3.63) is 28.8 Å². The maximum absolute atomic E-state index is 12.3. The van der Waals surface area contributed by atoms with Gasteiger partial charge in [-0.25, -0.2) is 0 Å². The second-order valence-electron chi connectivity index (χ2n) is 4.88. The Bertz CT molecular complexity index is 577. The lowest BCUT2D eigenvalue weighted by atomic mass is 10.1. The minimum absolute atomic E-state index is 0.00456. The molecule has 7 heteroatoms. The summed E-state index contributed by atoms with van der Waals surface area (Å²) >= 11 is 5.79. The minimum Gasteiger partial charge on any atom is -0.376 e. The molecule has 1 aromatic rings. The van der Waals surface area contributed by atoms with Gasteiger partial charge in [-0.05, 0) is 32.0 Å². The first-order valence-electron chi connectivity index (χ1n) is 5.94. The van der Waals surface area contributed by atoms with Gasteiger partial charge in [0.1, 0.15) is 6.54 Å². The molecule has 0 heterocycles. The Morgan fingerprint density at radius 2 is 2.00 bits per heavy atom. The van der Waals surface area contributed by atoms with Crippen LogP contribution < -0.4 is 10.6 Å². The smallest absolute Gasteiger partial charge is 0.376 e. The molecule has 1 aromatic carbocycles. The SMILES string of the molecule is C#CC(C)(C)NC(=O)c1cc(Cl)ccc1NCC(F)(F)F. The van der Waals surface area contributed by atoms with Crippen LogP contribution in [0.2, 0.25) is 5.02 Å².